The van der Waals surface area contributed by atoms with E-state index in [1.165, 1.54) is 12.8 Å². The Morgan fingerprint density at radius 2 is 1.90 bits per heavy atom. The lowest BCUT2D eigenvalue weighted by Gasteiger charge is -2.24. The lowest BCUT2D eigenvalue weighted by Crippen LogP contribution is -2.39. The Hall–Kier alpha value is -2.90. The van der Waals surface area contributed by atoms with Crippen LogP contribution in [0, 0.1) is 0 Å². The highest BCUT2D eigenvalue weighted by molar-refractivity contribution is 5.92. The van der Waals surface area contributed by atoms with Gasteiger partial charge in [0.15, 0.2) is 5.69 Å². The molecule has 2 aromatic rings. The first kappa shape index (κ1) is 20.4. The number of methoxy groups -OCH3 is 1. The molecular weight excluding hydrogens is 382 g/mol. The van der Waals surface area contributed by atoms with Crippen molar-refractivity contribution in [1.29, 1.82) is 0 Å². The smallest absolute Gasteiger partial charge is 0.273 e. The van der Waals surface area contributed by atoms with Crippen LogP contribution in [0.4, 0.5) is 0 Å². The standard InChI is InChI=1S/C22H29N5O3/c1-30-19-10-8-16(9-11-19)13-21(28)27-12-4-7-18(27)14-26-15-20(24-25-26)22(29)23-17-5-2-3-6-17/h8-11,15,17-18H,2-7,12-14H2,1H3,(H,23,29). The van der Waals surface area contributed by atoms with Crippen molar-refractivity contribution in [2.75, 3.05) is 13.7 Å². The van der Waals surface area contributed by atoms with Crippen molar-refractivity contribution in [2.24, 2.45) is 0 Å². The second kappa shape index (κ2) is 9.28. The third kappa shape index (κ3) is 4.80. The van der Waals surface area contributed by atoms with Crippen LogP contribution in [0.2, 0.25) is 0 Å². The third-order valence-corrected chi connectivity index (χ3v) is 6.07. The fourth-order valence-corrected chi connectivity index (χ4v) is 4.41. The molecule has 1 saturated heterocycles. The van der Waals surface area contributed by atoms with Crippen molar-refractivity contribution < 1.29 is 14.3 Å². The quantitative estimate of drug-likeness (QED) is 0.754. The fraction of sp³-hybridized carbons (Fsp3) is 0.545. The molecule has 4 rings (SSSR count). The summed E-state index contributed by atoms with van der Waals surface area (Å²) in [7, 11) is 1.63. The molecule has 30 heavy (non-hydrogen) atoms. The van der Waals surface area contributed by atoms with Gasteiger partial charge in [-0.3, -0.25) is 9.59 Å². The molecule has 2 aliphatic rings. The van der Waals surface area contributed by atoms with E-state index in [-0.39, 0.29) is 23.9 Å². The van der Waals surface area contributed by atoms with E-state index in [2.05, 4.69) is 15.6 Å². The molecule has 0 spiro atoms. The second-order valence-corrected chi connectivity index (χ2v) is 8.19. The monoisotopic (exact) mass is 411 g/mol. The first-order valence-electron chi connectivity index (χ1n) is 10.8. The minimum absolute atomic E-state index is 0.0724. The molecule has 2 amide bonds. The molecule has 1 aromatic heterocycles. The molecule has 8 nitrogen and oxygen atoms in total. The van der Waals surface area contributed by atoms with Crippen molar-refractivity contribution in [3.05, 3.63) is 41.7 Å². The Bertz CT molecular complexity index is 873. The summed E-state index contributed by atoms with van der Waals surface area (Å²) in [6, 6.07) is 7.92. The summed E-state index contributed by atoms with van der Waals surface area (Å²) in [5, 5.41) is 11.2. The van der Waals surface area contributed by atoms with E-state index in [9.17, 15) is 9.59 Å². The van der Waals surface area contributed by atoms with Gasteiger partial charge in [-0.2, -0.15) is 0 Å². The topological polar surface area (TPSA) is 89.4 Å². The van der Waals surface area contributed by atoms with Crippen molar-refractivity contribution >= 4 is 11.8 Å². The predicted molar refractivity (Wildman–Crippen MR) is 111 cm³/mol. The van der Waals surface area contributed by atoms with Crippen LogP contribution in [0.25, 0.3) is 0 Å². The third-order valence-electron chi connectivity index (χ3n) is 6.07. The van der Waals surface area contributed by atoms with Crippen molar-refractivity contribution in [3.8, 4) is 5.75 Å². The molecule has 1 atom stereocenters. The zero-order valence-corrected chi connectivity index (χ0v) is 17.4. The molecular formula is C22H29N5O3. The fourth-order valence-electron chi connectivity index (χ4n) is 4.41. The SMILES string of the molecule is COc1ccc(CC(=O)N2CCCC2Cn2cc(C(=O)NC3CCCC3)nn2)cc1. The van der Waals surface area contributed by atoms with Gasteiger partial charge in [0.2, 0.25) is 5.91 Å². The van der Waals surface area contributed by atoms with Crippen LogP contribution in [0.3, 0.4) is 0 Å². The average molecular weight is 412 g/mol. The molecule has 1 aromatic carbocycles. The van der Waals surface area contributed by atoms with Gasteiger partial charge in [-0.25, -0.2) is 4.68 Å². The number of likely N-dealkylation sites (tertiary alicyclic amines) is 1. The summed E-state index contributed by atoms with van der Waals surface area (Å²) in [6.45, 7) is 1.31. The van der Waals surface area contributed by atoms with Gasteiger partial charge in [0.25, 0.3) is 5.91 Å². The number of rotatable bonds is 7. The van der Waals surface area contributed by atoms with E-state index in [1.807, 2.05) is 29.2 Å². The van der Waals surface area contributed by atoms with E-state index in [0.717, 1.165) is 43.5 Å². The van der Waals surface area contributed by atoms with E-state index in [1.54, 1.807) is 18.0 Å². The number of carbonyl (C=O) groups excluding carboxylic acids is 2. The first-order chi connectivity index (χ1) is 14.6. The minimum Gasteiger partial charge on any atom is -0.497 e. The van der Waals surface area contributed by atoms with Gasteiger partial charge >= 0.3 is 0 Å². The summed E-state index contributed by atoms with van der Waals surface area (Å²) in [6.07, 6.45) is 8.36. The number of hydrogen-bond donors (Lipinski definition) is 1. The largest absolute Gasteiger partial charge is 0.497 e. The minimum atomic E-state index is -0.160. The van der Waals surface area contributed by atoms with Crippen LogP contribution in [0.15, 0.2) is 30.5 Å². The molecule has 1 N–H and O–H groups in total. The number of carbonyl (C=O) groups is 2. The van der Waals surface area contributed by atoms with Crippen molar-refractivity contribution in [1.82, 2.24) is 25.2 Å². The van der Waals surface area contributed by atoms with E-state index < -0.39 is 0 Å². The molecule has 160 valence electrons. The van der Waals surface area contributed by atoms with Crippen LogP contribution in [0.1, 0.15) is 54.6 Å². The Labute approximate surface area is 176 Å². The van der Waals surface area contributed by atoms with E-state index >= 15 is 0 Å². The summed E-state index contributed by atoms with van der Waals surface area (Å²) in [5.41, 5.74) is 1.31. The van der Waals surface area contributed by atoms with Gasteiger partial charge in [0.05, 0.1) is 32.3 Å². The van der Waals surface area contributed by atoms with Crippen LogP contribution in [0.5, 0.6) is 5.75 Å². The first-order valence-corrected chi connectivity index (χ1v) is 10.8. The van der Waals surface area contributed by atoms with Gasteiger partial charge in [-0.15, -0.1) is 5.10 Å². The Morgan fingerprint density at radius 1 is 1.13 bits per heavy atom. The maximum atomic E-state index is 12.9. The summed E-state index contributed by atoms with van der Waals surface area (Å²) < 4.78 is 6.86. The lowest BCUT2D eigenvalue weighted by molar-refractivity contribution is -0.131. The molecule has 1 saturated carbocycles. The van der Waals surface area contributed by atoms with E-state index in [0.29, 0.717) is 18.7 Å². The molecule has 8 heteroatoms. The maximum Gasteiger partial charge on any atom is 0.273 e. The van der Waals surface area contributed by atoms with Gasteiger partial charge < -0.3 is 15.0 Å². The highest BCUT2D eigenvalue weighted by atomic mass is 16.5. The molecule has 1 aliphatic carbocycles. The number of amides is 2. The van der Waals surface area contributed by atoms with Crippen LogP contribution in [-0.2, 0) is 17.8 Å². The molecule has 1 aliphatic heterocycles. The summed E-state index contributed by atoms with van der Waals surface area (Å²) in [4.78, 5) is 27.2. The lowest BCUT2D eigenvalue weighted by atomic mass is 10.1. The van der Waals surface area contributed by atoms with Gasteiger partial charge in [-0.05, 0) is 43.4 Å². The van der Waals surface area contributed by atoms with Gasteiger partial charge in [0.1, 0.15) is 5.75 Å². The molecule has 2 heterocycles. The second-order valence-electron chi connectivity index (χ2n) is 8.19. The Kier molecular flexibility index (Phi) is 6.30. The summed E-state index contributed by atoms with van der Waals surface area (Å²) in [5.74, 6) is 0.734. The van der Waals surface area contributed by atoms with Crippen LogP contribution >= 0.6 is 0 Å². The number of nitrogens with zero attached hydrogens (tertiary/aromatic N) is 4. The molecule has 0 bridgehead atoms. The number of benzene rings is 1. The zero-order chi connectivity index (χ0) is 20.9. The number of hydrogen-bond acceptors (Lipinski definition) is 5. The highest BCUT2D eigenvalue weighted by Gasteiger charge is 2.29. The number of aromatic nitrogens is 3. The van der Waals surface area contributed by atoms with Crippen LogP contribution in [-0.4, -0.2) is 57.4 Å². The normalized spacial score (nSPS) is 19.2. The predicted octanol–water partition coefficient (Wildman–Crippen LogP) is 2.19. The van der Waals surface area contributed by atoms with Crippen molar-refractivity contribution in [2.45, 2.75) is 63.6 Å². The van der Waals surface area contributed by atoms with E-state index in [4.69, 9.17) is 4.74 Å². The maximum absolute atomic E-state index is 12.9. The average Bonchev–Trinajstić information content (AvgIpc) is 3.51. The van der Waals surface area contributed by atoms with Crippen LogP contribution < -0.4 is 10.1 Å². The molecule has 0 radical (unpaired) electrons. The Balaban J connectivity index is 1.33. The molecule has 2 fully saturated rings. The van der Waals surface area contributed by atoms with Crippen molar-refractivity contribution in [3.63, 3.8) is 0 Å². The molecule has 1 unspecified atom stereocenters. The Morgan fingerprint density at radius 3 is 2.63 bits per heavy atom. The van der Waals surface area contributed by atoms with Gasteiger partial charge in [-0.1, -0.05) is 30.2 Å². The van der Waals surface area contributed by atoms with Gasteiger partial charge in [0, 0.05) is 12.6 Å². The summed E-state index contributed by atoms with van der Waals surface area (Å²) >= 11 is 0. The zero-order valence-electron chi connectivity index (χ0n) is 17.4. The number of ether oxygens (including phenoxy) is 1. The number of nitrogens with one attached hydrogen (secondary N) is 1. The highest BCUT2D eigenvalue weighted by Crippen LogP contribution is 2.21.